The number of nitrogens with one attached hydrogen (secondary N) is 1. The second-order valence-corrected chi connectivity index (χ2v) is 4.08. The molecule has 0 bridgehead atoms. The second-order valence-electron chi connectivity index (χ2n) is 4.08. The highest BCUT2D eigenvalue weighted by atomic mass is 15.5. The molecule has 0 aliphatic carbocycles. The van der Waals surface area contributed by atoms with Gasteiger partial charge >= 0.3 is 0 Å². The van der Waals surface area contributed by atoms with E-state index in [1.807, 2.05) is 6.07 Å². The van der Waals surface area contributed by atoms with E-state index < -0.39 is 0 Å². The van der Waals surface area contributed by atoms with E-state index >= 15 is 0 Å². The minimum Gasteiger partial charge on any atom is -0.365 e. The van der Waals surface area contributed by atoms with Crippen LogP contribution in [0.1, 0.15) is 11.1 Å². The minimum atomic E-state index is 0.629. The number of anilines is 1. The molecule has 1 N–H and O–H groups in total. The normalized spacial score (nSPS) is 10.7. The zero-order chi connectivity index (χ0) is 12.4. The maximum absolute atomic E-state index is 4.09. The fourth-order valence-electron chi connectivity index (χ4n) is 1.81. The summed E-state index contributed by atoms with van der Waals surface area (Å²) in [6, 6.07) is 8.34. The van der Waals surface area contributed by atoms with Crippen molar-refractivity contribution in [2.24, 2.45) is 0 Å². The van der Waals surface area contributed by atoms with Gasteiger partial charge in [0.25, 0.3) is 0 Å². The number of hydrogen-bond acceptors (Lipinski definition) is 5. The Balaban J connectivity index is 1.83. The quantitative estimate of drug-likeness (QED) is 0.750. The van der Waals surface area contributed by atoms with Crippen molar-refractivity contribution in [3.63, 3.8) is 0 Å². The van der Waals surface area contributed by atoms with Crippen LogP contribution in [0.2, 0.25) is 0 Å². The van der Waals surface area contributed by atoms with Crippen molar-refractivity contribution in [2.45, 2.75) is 13.5 Å². The van der Waals surface area contributed by atoms with E-state index in [2.05, 4.69) is 50.9 Å². The van der Waals surface area contributed by atoms with Crippen molar-refractivity contribution in [1.82, 2.24) is 25.0 Å². The van der Waals surface area contributed by atoms with Gasteiger partial charge in [-0.2, -0.15) is 4.52 Å². The van der Waals surface area contributed by atoms with Gasteiger partial charge in [-0.3, -0.25) is 4.98 Å². The Kier molecular flexibility index (Phi) is 2.60. The first kappa shape index (κ1) is 10.6. The van der Waals surface area contributed by atoms with Gasteiger partial charge in [0, 0.05) is 6.54 Å². The third kappa shape index (κ3) is 2.00. The average Bonchev–Trinajstić information content (AvgIpc) is 2.85. The predicted molar refractivity (Wildman–Crippen MR) is 67.1 cm³/mol. The van der Waals surface area contributed by atoms with Gasteiger partial charge in [0.1, 0.15) is 0 Å². The molecular weight excluding hydrogens is 228 g/mol. The lowest BCUT2D eigenvalue weighted by atomic mass is 10.1. The molecule has 0 unspecified atom stereocenters. The fourth-order valence-corrected chi connectivity index (χ4v) is 1.81. The second kappa shape index (κ2) is 4.40. The number of tetrazole rings is 1. The Morgan fingerprint density at radius 2 is 2.22 bits per heavy atom. The number of aromatic nitrogens is 5. The first-order valence-electron chi connectivity index (χ1n) is 5.64. The fraction of sp³-hybridized carbons (Fsp3) is 0.167. The van der Waals surface area contributed by atoms with Crippen LogP contribution in [-0.2, 0) is 6.54 Å². The van der Waals surface area contributed by atoms with Crippen LogP contribution >= 0.6 is 0 Å². The summed E-state index contributed by atoms with van der Waals surface area (Å²) in [5, 5.41) is 14.6. The standard InChI is InChI=1S/C12H12N6/c1-9-3-2-4-10(5-9)6-14-11-7-13-8-12-15-16-17-18(11)12/h2-5,7-8,14H,6H2,1H3. The maximum Gasteiger partial charge on any atom is 0.199 e. The SMILES string of the molecule is Cc1cccc(CNc2cncc3nnnn23)c1. The van der Waals surface area contributed by atoms with E-state index in [0.717, 1.165) is 5.82 Å². The van der Waals surface area contributed by atoms with Crippen LogP contribution in [0.5, 0.6) is 0 Å². The predicted octanol–water partition coefficient (Wildman–Crippen LogP) is 1.44. The van der Waals surface area contributed by atoms with Gasteiger partial charge in [0.05, 0.1) is 12.4 Å². The third-order valence-corrected chi connectivity index (χ3v) is 2.66. The monoisotopic (exact) mass is 240 g/mol. The molecule has 18 heavy (non-hydrogen) atoms. The van der Waals surface area contributed by atoms with Crippen LogP contribution in [-0.4, -0.2) is 25.0 Å². The Morgan fingerprint density at radius 1 is 1.28 bits per heavy atom. The van der Waals surface area contributed by atoms with Gasteiger partial charge in [-0.1, -0.05) is 29.8 Å². The number of fused-ring (bicyclic) bond motifs is 1. The molecule has 90 valence electrons. The highest BCUT2D eigenvalue weighted by molar-refractivity contribution is 5.44. The van der Waals surface area contributed by atoms with E-state index in [1.54, 1.807) is 16.9 Å². The highest BCUT2D eigenvalue weighted by Gasteiger charge is 2.03. The summed E-state index contributed by atoms with van der Waals surface area (Å²) in [5.74, 6) is 0.777. The van der Waals surface area contributed by atoms with Crippen molar-refractivity contribution in [3.8, 4) is 0 Å². The lowest BCUT2D eigenvalue weighted by Crippen LogP contribution is -2.05. The van der Waals surface area contributed by atoms with Crippen molar-refractivity contribution in [3.05, 3.63) is 47.8 Å². The van der Waals surface area contributed by atoms with Crippen LogP contribution in [0.15, 0.2) is 36.7 Å². The summed E-state index contributed by atoms with van der Waals surface area (Å²) in [5.41, 5.74) is 3.08. The molecule has 0 amide bonds. The molecule has 2 aromatic heterocycles. The summed E-state index contributed by atoms with van der Waals surface area (Å²) in [6.07, 6.45) is 3.33. The van der Waals surface area contributed by atoms with Gasteiger partial charge in [0.2, 0.25) is 0 Å². The number of rotatable bonds is 3. The molecule has 0 aliphatic rings. The van der Waals surface area contributed by atoms with Crippen molar-refractivity contribution in [2.75, 3.05) is 5.32 Å². The average molecular weight is 240 g/mol. The van der Waals surface area contributed by atoms with Crippen LogP contribution in [0.25, 0.3) is 5.65 Å². The molecule has 0 aliphatic heterocycles. The van der Waals surface area contributed by atoms with E-state index in [9.17, 15) is 0 Å². The Hall–Kier alpha value is -2.50. The molecule has 6 heteroatoms. The molecule has 0 fully saturated rings. The molecule has 2 heterocycles. The van der Waals surface area contributed by atoms with Crippen LogP contribution in [0, 0.1) is 6.92 Å². The van der Waals surface area contributed by atoms with Crippen molar-refractivity contribution in [1.29, 1.82) is 0 Å². The van der Waals surface area contributed by atoms with Gasteiger partial charge < -0.3 is 5.32 Å². The lowest BCUT2D eigenvalue weighted by Gasteiger charge is -2.07. The van der Waals surface area contributed by atoms with Gasteiger partial charge in [-0.25, -0.2) is 0 Å². The summed E-state index contributed by atoms with van der Waals surface area (Å²) >= 11 is 0. The molecule has 0 radical (unpaired) electrons. The summed E-state index contributed by atoms with van der Waals surface area (Å²) in [4.78, 5) is 4.09. The van der Waals surface area contributed by atoms with Crippen LogP contribution < -0.4 is 5.32 Å². The summed E-state index contributed by atoms with van der Waals surface area (Å²) in [7, 11) is 0. The molecule has 1 aromatic carbocycles. The van der Waals surface area contributed by atoms with E-state index in [4.69, 9.17) is 0 Å². The van der Waals surface area contributed by atoms with Gasteiger partial charge in [-0.05, 0) is 22.9 Å². The zero-order valence-electron chi connectivity index (χ0n) is 9.91. The Bertz CT molecular complexity index is 675. The van der Waals surface area contributed by atoms with Gasteiger partial charge in [-0.15, -0.1) is 5.10 Å². The molecular formula is C12H12N6. The first-order chi connectivity index (χ1) is 8.83. The number of benzene rings is 1. The summed E-state index contributed by atoms with van der Waals surface area (Å²) < 4.78 is 1.63. The topological polar surface area (TPSA) is 68.0 Å². The summed E-state index contributed by atoms with van der Waals surface area (Å²) in [6.45, 7) is 2.79. The van der Waals surface area contributed by atoms with E-state index in [-0.39, 0.29) is 0 Å². The van der Waals surface area contributed by atoms with Crippen molar-refractivity contribution >= 4 is 11.5 Å². The first-order valence-corrected chi connectivity index (χ1v) is 5.64. The molecule has 0 atom stereocenters. The highest BCUT2D eigenvalue weighted by Crippen LogP contribution is 2.09. The van der Waals surface area contributed by atoms with Gasteiger partial charge in [0.15, 0.2) is 11.5 Å². The Labute approximate surface area is 104 Å². The minimum absolute atomic E-state index is 0.629. The van der Waals surface area contributed by atoms with E-state index in [0.29, 0.717) is 12.2 Å². The third-order valence-electron chi connectivity index (χ3n) is 2.66. The molecule has 0 saturated carbocycles. The number of nitrogens with zero attached hydrogens (tertiary/aromatic N) is 5. The van der Waals surface area contributed by atoms with E-state index in [1.165, 1.54) is 11.1 Å². The molecule has 6 nitrogen and oxygen atoms in total. The lowest BCUT2D eigenvalue weighted by molar-refractivity contribution is 0.819. The van der Waals surface area contributed by atoms with Crippen LogP contribution in [0.4, 0.5) is 5.82 Å². The molecule has 3 aromatic rings. The smallest absolute Gasteiger partial charge is 0.199 e. The Morgan fingerprint density at radius 3 is 3.11 bits per heavy atom. The molecule has 3 rings (SSSR count). The number of aryl methyl sites for hydroxylation is 1. The molecule has 0 spiro atoms. The maximum atomic E-state index is 4.09. The number of hydrogen-bond donors (Lipinski definition) is 1. The largest absolute Gasteiger partial charge is 0.365 e. The van der Waals surface area contributed by atoms with Crippen LogP contribution in [0.3, 0.4) is 0 Å². The van der Waals surface area contributed by atoms with Crippen molar-refractivity contribution < 1.29 is 0 Å². The zero-order valence-corrected chi connectivity index (χ0v) is 9.91. The molecule has 0 saturated heterocycles.